The van der Waals surface area contributed by atoms with Crippen LogP contribution in [-0.2, 0) is 11.2 Å². The summed E-state index contributed by atoms with van der Waals surface area (Å²) in [5.74, 6) is 0.213. The van der Waals surface area contributed by atoms with Crippen LogP contribution in [0.5, 0.6) is 0 Å². The van der Waals surface area contributed by atoms with E-state index in [4.69, 9.17) is 0 Å². The first-order valence-electron chi connectivity index (χ1n) is 7.07. The summed E-state index contributed by atoms with van der Waals surface area (Å²) in [7, 11) is 0. The lowest BCUT2D eigenvalue weighted by molar-refractivity contribution is -0.117. The molecule has 0 aliphatic carbocycles. The standard InChI is InChI=1S/C17H16N2O/c20-16-11-13-7-4-8-14-17(13)19(16)15(9-10-18-14)12-5-2-1-3-6-12/h1-8,15,18H,9-11H2. The number of rotatable bonds is 1. The average Bonchev–Trinajstić information content (AvgIpc) is 2.69. The molecule has 20 heavy (non-hydrogen) atoms. The van der Waals surface area contributed by atoms with Crippen LogP contribution >= 0.6 is 0 Å². The Labute approximate surface area is 118 Å². The number of para-hydroxylation sites is 1. The molecule has 0 saturated heterocycles. The van der Waals surface area contributed by atoms with Crippen molar-refractivity contribution < 1.29 is 4.79 Å². The Kier molecular flexibility index (Phi) is 2.52. The van der Waals surface area contributed by atoms with E-state index < -0.39 is 0 Å². The van der Waals surface area contributed by atoms with Crippen LogP contribution in [0.1, 0.15) is 23.6 Å². The lowest BCUT2D eigenvalue weighted by Gasteiger charge is -2.27. The Bertz CT molecular complexity index is 666. The first-order chi connectivity index (χ1) is 9.84. The van der Waals surface area contributed by atoms with Gasteiger partial charge in [0, 0.05) is 6.54 Å². The van der Waals surface area contributed by atoms with Gasteiger partial charge in [-0.1, -0.05) is 42.5 Å². The number of anilines is 2. The minimum absolute atomic E-state index is 0.140. The van der Waals surface area contributed by atoms with Gasteiger partial charge >= 0.3 is 0 Å². The van der Waals surface area contributed by atoms with E-state index in [-0.39, 0.29) is 11.9 Å². The van der Waals surface area contributed by atoms with Crippen molar-refractivity contribution >= 4 is 17.3 Å². The molecule has 0 fully saturated rings. The molecule has 1 unspecified atom stereocenters. The van der Waals surface area contributed by atoms with Crippen LogP contribution in [0.15, 0.2) is 48.5 Å². The van der Waals surface area contributed by atoms with Crippen LogP contribution in [0, 0.1) is 0 Å². The Morgan fingerprint density at radius 3 is 2.75 bits per heavy atom. The molecule has 2 aromatic carbocycles. The highest BCUT2D eigenvalue weighted by molar-refractivity contribution is 6.05. The highest BCUT2D eigenvalue weighted by Gasteiger charge is 2.36. The van der Waals surface area contributed by atoms with E-state index in [9.17, 15) is 4.79 Å². The summed E-state index contributed by atoms with van der Waals surface area (Å²) in [5, 5.41) is 3.46. The SMILES string of the molecule is O=C1Cc2cccc3c2N1C(c1ccccc1)CCN3. The Hall–Kier alpha value is -2.29. The van der Waals surface area contributed by atoms with E-state index in [1.54, 1.807) is 0 Å². The fourth-order valence-electron chi connectivity index (χ4n) is 3.33. The number of hydrogen-bond donors (Lipinski definition) is 1. The van der Waals surface area contributed by atoms with Gasteiger partial charge in [0.2, 0.25) is 5.91 Å². The number of amides is 1. The van der Waals surface area contributed by atoms with Crippen molar-refractivity contribution in [2.75, 3.05) is 16.8 Å². The van der Waals surface area contributed by atoms with Crippen LogP contribution in [0.2, 0.25) is 0 Å². The van der Waals surface area contributed by atoms with E-state index in [1.807, 2.05) is 29.2 Å². The molecular formula is C17H16N2O. The monoisotopic (exact) mass is 264 g/mol. The zero-order valence-electron chi connectivity index (χ0n) is 11.2. The highest BCUT2D eigenvalue weighted by Crippen LogP contribution is 2.44. The summed E-state index contributed by atoms with van der Waals surface area (Å²) in [6, 6.07) is 16.6. The predicted octanol–water partition coefficient (Wildman–Crippen LogP) is 3.13. The van der Waals surface area contributed by atoms with Crippen molar-refractivity contribution in [1.82, 2.24) is 0 Å². The van der Waals surface area contributed by atoms with Crippen molar-refractivity contribution in [3.63, 3.8) is 0 Å². The smallest absolute Gasteiger partial charge is 0.232 e. The summed E-state index contributed by atoms with van der Waals surface area (Å²) in [6.07, 6.45) is 1.46. The lowest BCUT2D eigenvalue weighted by atomic mass is 10.0. The summed E-state index contributed by atoms with van der Waals surface area (Å²) in [6.45, 7) is 0.889. The normalized spacial score (nSPS) is 20.3. The quantitative estimate of drug-likeness (QED) is 0.858. The van der Waals surface area contributed by atoms with Crippen LogP contribution in [0.25, 0.3) is 0 Å². The van der Waals surface area contributed by atoms with Crippen molar-refractivity contribution in [2.24, 2.45) is 0 Å². The maximum atomic E-state index is 12.5. The van der Waals surface area contributed by atoms with Crippen molar-refractivity contribution in [3.05, 3.63) is 59.7 Å². The van der Waals surface area contributed by atoms with Gasteiger partial charge in [-0.05, 0) is 23.6 Å². The molecule has 1 atom stereocenters. The van der Waals surface area contributed by atoms with Crippen LogP contribution in [-0.4, -0.2) is 12.5 Å². The number of nitrogens with zero attached hydrogens (tertiary/aromatic N) is 1. The van der Waals surface area contributed by atoms with Gasteiger partial charge in [0.15, 0.2) is 0 Å². The van der Waals surface area contributed by atoms with E-state index in [0.29, 0.717) is 6.42 Å². The second-order valence-corrected chi connectivity index (χ2v) is 5.40. The molecule has 0 radical (unpaired) electrons. The van der Waals surface area contributed by atoms with Crippen LogP contribution < -0.4 is 10.2 Å². The molecular weight excluding hydrogens is 248 g/mol. The molecule has 2 aromatic rings. The Morgan fingerprint density at radius 1 is 1.05 bits per heavy atom. The third-order valence-electron chi connectivity index (χ3n) is 4.20. The third kappa shape index (κ3) is 1.63. The summed E-state index contributed by atoms with van der Waals surface area (Å²) < 4.78 is 0. The molecule has 1 amide bonds. The van der Waals surface area contributed by atoms with Crippen molar-refractivity contribution in [3.8, 4) is 0 Å². The number of hydrogen-bond acceptors (Lipinski definition) is 2. The molecule has 2 aliphatic heterocycles. The molecule has 2 heterocycles. The molecule has 0 aromatic heterocycles. The molecule has 2 aliphatic rings. The Balaban J connectivity index is 1.87. The maximum absolute atomic E-state index is 12.5. The van der Waals surface area contributed by atoms with Crippen LogP contribution in [0.4, 0.5) is 11.4 Å². The van der Waals surface area contributed by atoms with Gasteiger partial charge in [-0.25, -0.2) is 0 Å². The van der Waals surface area contributed by atoms with E-state index in [1.165, 1.54) is 5.56 Å². The fraction of sp³-hybridized carbons (Fsp3) is 0.235. The first kappa shape index (κ1) is 11.5. The lowest BCUT2D eigenvalue weighted by Crippen LogP contribution is -2.31. The largest absolute Gasteiger partial charge is 0.383 e. The van der Waals surface area contributed by atoms with E-state index in [0.717, 1.165) is 29.9 Å². The topological polar surface area (TPSA) is 32.3 Å². The van der Waals surface area contributed by atoms with Gasteiger partial charge in [-0.2, -0.15) is 0 Å². The zero-order valence-corrected chi connectivity index (χ0v) is 11.2. The minimum Gasteiger partial charge on any atom is -0.383 e. The maximum Gasteiger partial charge on any atom is 0.232 e. The molecule has 1 N–H and O–H groups in total. The molecule has 4 rings (SSSR count). The molecule has 3 heteroatoms. The van der Waals surface area contributed by atoms with Gasteiger partial charge in [0.25, 0.3) is 0 Å². The Morgan fingerprint density at radius 2 is 1.90 bits per heavy atom. The highest BCUT2D eigenvalue weighted by atomic mass is 16.2. The van der Waals surface area contributed by atoms with Crippen molar-refractivity contribution in [1.29, 1.82) is 0 Å². The minimum atomic E-state index is 0.140. The fourth-order valence-corrected chi connectivity index (χ4v) is 3.33. The second kappa shape index (κ2) is 4.37. The number of carbonyl (C=O) groups is 1. The van der Waals surface area contributed by atoms with Gasteiger partial charge in [-0.15, -0.1) is 0 Å². The molecule has 100 valence electrons. The van der Waals surface area contributed by atoms with Crippen molar-refractivity contribution in [2.45, 2.75) is 18.9 Å². The number of carbonyl (C=O) groups excluding carboxylic acids is 1. The van der Waals surface area contributed by atoms with Gasteiger partial charge in [0.1, 0.15) is 0 Å². The third-order valence-corrected chi connectivity index (χ3v) is 4.20. The predicted molar refractivity (Wildman–Crippen MR) is 79.9 cm³/mol. The van der Waals surface area contributed by atoms with Gasteiger partial charge in [0.05, 0.1) is 23.8 Å². The first-order valence-corrected chi connectivity index (χ1v) is 7.07. The van der Waals surface area contributed by atoms with E-state index in [2.05, 4.69) is 29.6 Å². The van der Waals surface area contributed by atoms with Gasteiger partial charge < -0.3 is 10.2 Å². The molecule has 3 nitrogen and oxygen atoms in total. The molecule has 0 saturated carbocycles. The average molecular weight is 264 g/mol. The summed E-state index contributed by atoms with van der Waals surface area (Å²) in [4.78, 5) is 14.5. The zero-order chi connectivity index (χ0) is 13.5. The summed E-state index contributed by atoms with van der Waals surface area (Å²) >= 11 is 0. The second-order valence-electron chi connectivity index (χ2n) is 5.40. The molecule has 0 bridgehead atoms. The summed E-state index contributed by atoms with van der Waals surface area (Å²) in [5.41, 5.74) is 4.53. The van der Waals surface area contributed by atoms with Gasteiger partial charge in [-0.3, -0.25) is 4.79 Å². The number of benzene rings is 2. The number of nitrogens with one attached hydrogen (secondary N) is 1. The van der Waals surface area contributed by atoms with E-state index >= 15 is 0 Å². The van der Waals surface area contributed by atoms with Crippen LogP contribution in [0.3, 0.4) is 0 Å². The molecule has 0 spiro atoms.